The van der Waals surface area contributed by atoms with Crippen molar-refractivity contribution in [1.29, 1.82) is 0 Å². The Morgan fingerprint density at radius 2 is 1.16 bits per heavy atom. The van der Waals surface area contributed by atoms with E-state index >= 15 is 0 Å². The highest BCUT2D eigenvalue weighted by molar-refractivity contribution is 5.99. The van der Waals surface area contributed by atoms with Gasteiger partial charge in [-0.1, -0.05) is 10.4 Å². The number of ether oxygens (including phenoxy) is 1. The van der Waals surface area contributed by atoms with E-state index < -0.39 is 47.7 Å². The summed E-state index contributed by atoms with van der Waals surface area (Å²) in [6.45, 7) is 0. The second kappa shape index (κ2) is 5.60. The summed E-state index contributed by atoms with van der Waals surface area (Å²) in [5, 5.41) is 5.66. The maximum Gasteiger partial charge on any atom is 0.317 e. The number of hydrogen-bond donors (Lipinski definition) is 0. The van der Waals surface area contributed by atoms with Crippen molar-refractivity contribution in [3.05, 3.63) is 9.81 Å². The largest absolute Gasteiger partial charge is 0.393 e. The number of hydrogen-bond acceptors (Lipinski definition) is 9. The lowest BCUT2D eigenvalue weighted by Crippen LogP contribution is -2.39. The molecule has 0 aromatic heterocycles. The van der Waals surface area contributed by atoms with Crippen molar-refractivity contribution in [1.82, 2.24) is 0 Å². The molecule has 4 bridgehead atoms. The fourth-order valence-corrected chi connectivity index (χ4v) is 5.25. The molecule has 0 heterocycles. The number of nitrogens with zero attached hydrogens (tertiary/aromatic N) is 2. The van der Waals surface area contributed by atoms with Crippen LogP contribution in [0.2, 0.25) is 0 Å². The van der Waals surface area contributed by atoms with Crippen LogP contribution in [-0.4, -0.2) is 35.6 Å². The number of ketones is 2. The summed E-state index contributed by atoms with van der Waals surface area (Å²) in [6.07, 6.45) is 1.46. The third kappa shape index (κ3) is 2.21. The van der Waals surface area contributed by atoms with Gasteiger partial charge >= 0.3 is 11.9 Å². The maximum atomic E-state index is 12.3. The van der Waals surface area contributed by atoms with Gasteiger partial charge in [0.2, 0.25) is 0 Å². The Balaban J connectivity index is 1.39. The van der Waals surface area contributed by atoms with Crippen molar-refractivity contribution in [2.24, 2.45) is 45.9 Å². The number of rotatable bonds is 4. The molecule has 0 spiro atoms. The predicted octanol–water partition coefficient (Wildman–Crippen LogP) is 0.776. The molecular weight excluding hydrogens is 332 g/mol. The SMILES string of the molecule is O=NC1C(=O)C2CC1CC2C(=O)OC(=O)C1CC2CC1C(=O)C2N=O. The van der Waals surface area contributed by atoms with E-state index in [-0.39, 0.29) is 23.4 Å². The van der Waals surface area contributed by atoms with Gasteiger partial charge < -0.3 is 4.74 Å². The van der Waals surface area contributed by atoms with Gasteiger partial charge in [0.1, 0.15) is 0 Å². The Hall–Kier alpha value is -2.32. The molecular formula is C16H16N2O7. The van der Waals surface area contributed by atoms with Gasteiger partial charge in [-0.3, -0.25) is 19.2 Å². The van der Waals surface area contributed by atoms with Gasteiger partial charge in [-0.2, -0.15) is 9.81 Å². The lowest BCUT2D eigenvalue weighted by molar-refractivity contribution is -0.169. The molecule has 8 atom stereocenters. The van der Waals surface area contributed by atoms with Gasteiger partial charge in [0.15, 0.2) is 23.7 Å². The normalized spacial score (nSPS) is 44.2. The first-order chi connectivity index (χ1) is 12.0. The summed E-state index contributed by atoms with van der Waals surface area (Å²) >= 11 is 0. The zero-order valence-electron chi connectivity index (χ0n) is 13.2. The molecule has 0 saturated heterocycles. The standard InChI is InChI=1S/C16H16N2O7/c19-13-7-1-5(11(13)17-23)3-9(7)15(21)25-16(22)10-4-6-2-8(10)14(20)12(6)18-24/h5-12H,1-4H2. The van der Waals surface area contributed by atoms with Crippen molar-refractivity contribution in [2.75, 3.05) is 0 Å². The zero-order valence-corrected chi connectivity index (χ0v) is 13.2. The van der Waals surface area contributed by atoms with Crippen LogP contribution in [0.1, 0.15) is 25.7 Å². The van der Waals surface area contributed by atoms with Crippen LogP contribution >= 0.6 is 0 Å². The summed E-state index contributed by atoms with van der Waals surface area (Å²) in [4.78, 5) is 70.0. The molecule has 0 radical (unpaired) electrons. The average molecular weight is 348 g/mol. The van der Waals surface area contributed by atoms with Crippen LogP contribution in [0.5, 0.6) is 0 Å². The Kier molecular flexibility index (Phi) is 3.62. The highest BCUT2D eigenvalue weighted by atomic mass is 16.6. The quantitative estimate of drug-likeness (QED) is 0.416. The predicted molar refractivity (Wildman–Crippen MR) is 79.7 cm³/mol. The lowest BCUT2D eigenvalue weighted by atomic mass is 9.84. The van der Waals surface area contributed by atoms with Crippen molar-refractivity contribution in [2.45, 2.75) is 37.8 Å². The summed E-state index contributed by atoms with van der Waals surface area (Å²) in [6, 6.07) is -1.78. The molecule has 8 unspecified atom stereocenters. The van der Waals surface area contributed by atoms with Crippen LogP contribution in [-0.2, 0) is 23.9 Å². The Morgan fingerprint density at radius 1 is 0.760 bits per heavy atom. The highest BCUT2D eigenvalue weighted by Gasteiger charge is 2.58. The molecule has 4 rings (SSSR count). The third-order valence-corrected chi connectivity index (χ3v) is 6.44. The second-order valence-corrected chi connectivity index (χ2v) is 7.53. The molecule has 9 heteroatoms. The van der Waals surface area contributed by atoms with Crippen LogP contribution in [0.25, 0.3) is 0 Å². The minimum atomic E-state index is -0.888. The average Bonchev–Trinajstić information content (AvgIpc) is 3.32. The van der Waals surface area contributed by atoms with E-state index in [1.807, 2.05) is 0 Å². The minimum Gasteiger partial charge on any atom is -0.393 e. The van der Waals surface area contributed by atoms with E-state index in [1.165, 1.54) is 0 Å². The zero-order chi connectivity index (χ0) is 17.9. The van der Waals surface area contributed by atoms with Gasteiger partial charge in [0, 0.05) is 11.8 Å². The molecule has 0 aromatic carbocycles. The van der Waals surface area contributed by atoms with E-state index in [0.717, 1.165) is 0 Å². The number of carbonyl (C=O) groups excluding carboxylic acids is 4. The first-order valence-corrected chi connectivity index (χ1v) is 8.44. The summed E-state index contributed by atoms with van der Waals surface area (Å²) in [7, 11) is 0. The first kappa shape index (κ1) is 16.2. The molecule has 4 fully saturated rings. The van der Waals surface area contributed by atoms with Gasteiger partial charge in [-0.25, -0.2) is 0 Å². The fourth-order valence-electron chi connectivity index (χ4n) is 5.25. The summed E-state index contributed by atoms with van der Waals surface area (Å²) in [5.41, 5.74) is 0. The van der Waals surface area contributed by atoms with E-state index in [9.17, 15) is 29.0 Å². The van der Waals surface area contributed by atoms with Crippen molar-refractivity contribution in [3.63, 3.8) is 0 Å². The van der Waals surface area contributed by atoms with E-state index in [0.29, 0.717) is 25.7 Å². The second-order valence-electron chi connectivity index (χ2n) is 7.53. The molecule has 0 amide bonds. The Bertz CT molecular complexity index is 647. The number of Topliss-reactive ketones (excluding diaryl/α,β-unsaturated/α-hetero) is 2. The number of fused-ring (bicyclic) bond motifs is 4. The van der Waals surface area contributed by atoms with Crippen LogP contribution in [0.3, 0.4) is 0 Å². The Labute approximate surface area is 141 Å². The summed E-state index contributed by atoms with van der Waals surface area (Å²) < 4.78 is 4.96. The van der Waals surface area contributed by atoms with Crippen molar-refractivity contribution in [3.8, 4) is 0 Å². The van der Waals surface area contributed by atoms with Crippen molar-refractivity contribution >= 4 is 23.5 Å². The smallest absolute Gasteiger partial charge is 0.317 e. The molecule has 4 saturated carbocycles. The van der Waals surface area contributed by atoms with Gasteiger partial charge in [-0.05, 0) is 37.5 Å². The first-order valence-electron chi connectivity index (χ1n) is 8.44. The van der Waals surface area contributed by atoms with E-state index in [2.05, 4.69) is 10.4 Å². The van der Waals surface area contributed by atoms with Crippen LogP contribution in [0, 0.1) is 45.3 Å². The number of esters is 2. The lowest BCUT2D eigenvalue weighted by Gasteiger charge is -2.24. The monoisotopic (exact) mass is 348 g/mol. The number of carbonyl (C=O) groups is 4. The molecule has 0 N–H and O–H groups in total. The van der Waals surface area contributed by atoms with E-state index in [1.54, 1.807) is 0 Å². The van der Waals surface area contributed by atoms with Gasteiger partial charge in [0.05, 0.1) is 11.8 Å². The van der Waals surface area contributed by atoms with Crippen LogP contribution in [0.4, 0.5) is 0 Å². The topological polar surface area (TPSA) is 136 Å². The minimum absolute atomic E-state index is 0.258. The highest BCUT2D eigenvalue weighted by Crippen LogP contribution is 2.50. The molecule has 0 aromatic rings. The Morgan fingerprint density at radius 3 is 1.48 bits per heavy atom. The van der Waals surface area contributed by atoms with E-state index in [4.69, 9.17) is 4.74 Å². The van der Waals surface area contributed by atoms with Gasteiger partial charge in [-0.15, -0.1) is 0 Å². The maximum absolute atomic E-state index is 12.3. The van der Waals surface area contributed by atoms with Crippen LogP contribution < -0.4 is 0 Å². The van der Waals surface area contributed by atoms with Gasteiger partial charge in [0.25, 0.3) is 0 Å². The number of nitroso groups, excluding NO2 is 2. The van der Waals surface area contributed by atoms with Crippen LogP contribution in [0.15, 0.2) is 10.4 Å². The molecule has 132 valence electrons. The molecule has 25 heavy (non-hydrogen) atoms. The molecule has 9 nitrogen and oxygen atoms in total. The molecule has 4 aliphatic rings. The van der Waals surface area contributed by atoms with Crippen molar-refractivity contribution < 1.29 is 23.9 Å². The fraction of sp³-hybridized carbons (Fsp3) is 0.750. The third-order valence-electron chi connectivity index (χ3n) is 6.44. The molecule has 4 aliphatic carbocycles. The molecule has 0 aliphatic heterocycles. The summed E-state index contributed by atoms with van der Waals surface area (Å²) in [5.74, 6) is -5.43.